The number of carbonyl (C=O) groups is 2. The van der Waals surface area contributed by atoms with Gasteiger partial charge in [-0.3, -0.25) is 14.9 Å². The molecule has 0 unspecified atom stereocenters. The second-order valence-electron chi connectivity index (χ2n) is 6.40. The number of halogens is 1. The van der Waals surface area contributed by atoms with Gasteiger partial charge in [-0.05, 0) is 61.1 Å². The van der Waals surface area contributed by atoms with Crippen LogP contribution in [0.5, 0.6) is 5.75 Å². The molecule has 0 atom stereocenters. The molecule has 6 nitrogen and oxygen atoms in total. The van der Waals surface area contributed by atoms with E-state index in [1.54, 1.807) is 36.4 Å². The molecule has 0 saturated carbocycles. The minimum absolute atomic E-state index is 0.135. The Morgan fingerprint density at radius 2 is 1.83 bits per heavy atom. The van der Waals surface area contributed by atoms with Gasteiger partial charge in [-0.2, -0.15) is 0 Å². The van der Waals surface area contributed by atoms with Crippen molar-refractivity contribution < 1.29 is 14.3 Å². The molecule has 0 bridgehead atoms. The Kier molecular flexibility index (Phi) is 9.08. The van der Waals surface area contributed by atoms with Crippen molar-refractivity contribution in [3.63, 3.8) is 0 Å². The predicted octanol–water partition coefficient (Wildman–Crippen LogP) is 4.63. The van der Waals surface area contributed by atoms with E-state index >= 15 is 0 Å². The van der Waals surface area contributed by atoms with Crippen LogP contribution < -0.4 is 21.1 Å². The summed E-state index contributed by atoms with van der Waals surface area (Å²) in [5.74, 6) is -0.374. The Hall–Kier alpha value is -2.45. The summed E-state index contributed by atoms with van der Waals surface area (Å²) in [4.78, 5) is 23.8. The van der Waals surface area contributed by atoms with E-state index in [0.717, 1.165) is 30.2 Å². The average Bonchev–Trinajstić information content (AvgIpc) is 2.69. The summed E-state index contributed by atoms with van der Waals surface area (Å²) in [5, 5.41) is 5.69. The van der Waals surface area contributed by atoms with Crippen LogP contribution in [0.4, 0.5) is 5.69 Å². The lowest BCUT2D eigenvalue weighted by molar-refractivity contribution is 0.0971. The highest BCUT2D eigenvalue weighted by Gasteiger charge is 2.15. The summed E-state index contributed by atoms with van der Waals surface area (Å²) in [5.41, 5.74) is 6.63. The van der Waals surface area contributed by atoms with Crippen molar-refractivity contribution in [1.29, 1.82) is 0 Å². The van der Waals surface area contributed by atoms with Crippen LogP contribution in [0.3, 0.4) is 0 Å². The normalized spacial score (nSPS) is 10.3. The molecular formula is C21H24BrN3O3S. The average molecular weight is 478 g/mol. The fourth-order valence-electron chi connectivity index (χ4n) is 2.57. The standard InChI is InChI=1S/C21H24BrN3O3S/c1-2-3-4-5-12-28-18-11-8-15(22)13-17(18)20(27)25-21(29)24-16-9-6-14(7-10-16)19(23)26/h6-11,13H,2-5,12H2,1H3,(H2,23,26)(H2,24,25,27,29). The predicted molar refractivity (Wildman–Crippen MR) is 122 cm³/mol. The summed E-state index contributed by atoms with van der Waals surface area (Å²) in [7, 11) is 0. The van der Waals surface area contributed by atoms with Crippen molar-refractivity contribution in [3.8, 4) is 5.75 Å². The lowest BCUT2D eigenvalue weighted by Crippen LogP contribution is -2.34. The fourth-order valence-corrected chi connectivity index (χ4v) is 3.14. The summed E-state index contributed by atoms with van der Waals surface area (Å²) in [6.45, 7) is 2.71. The van der Waals surface area contributed by atoms with Crippen molar-refractivity contribution >= 4 is 50.8 Å². The molecule has 2 rings (SSSR count). The van der Waals surface area contributed by atoms with E-state index in [2.05, 4.69) is 33.5 Å². The minimum atomic E-state index is -0.510. The molecule has 0 aliphatic carbocycles. The SMILES string of the molecule is CCCCCCOc1ccc(Br)cc1C(=O)NC(=S)Nc1ccc(C(N)=O)cc1. The number of amides is 2. The molecule has 2 aromatic carbocycles. The first-order valence-corrected chi connectivity index (χ1v) is 10.6. The van der Waals surface area contributed by atoms with Gasteiger partial charge in [-0.15, -0.1) is 0 Å². The fraction of sp³-hybridized carbons (Fsp3) is 0.286. The van der Waals surface area contributed by atoms with Crippen LogP contribution in [0.15, 0.2) is 46.9 Å². The molecule has 0 aliphatic heterocycles. The molecule has 0 fully saturated rings. The monoisotopic (exact) mass is 477 g/mol. The third-order valence-electron chi connectivity index (χ3n) is 4.10. The smallest absolute Gasteiger partial charge is 0.261 e. The largest absolute Gasteiger partial charge is 0.493 e. The Bertz CT molecular complexity index is 872. The number of ether oxygens (including phenoxy) is 1. The molecule has 2 aromatic rings. The first-order valence-electron chi connectivity index (χ1n) is 9.35. The van der Waals surface area contributed by atoms with Gasteiger partial charge in [0.25, 0.3) is 5.91 Å². The maximum Gasteiger partial charge on any atom is 0.261 e. The Balaban J connectivity index is 1.98. The third-order valence-corrected chi connectivity index (χ3v) is 4.79. The maximum absolute atomic E-state index is 12.7. The van der Waals surface area contributed by atoms with E-state index in [9.17, 15) is 9.59 Å². The van der Waals surface area contributed by atoms with Crippen LogP contribution in [0.25, 0.3) is 0 Å². The topological polar surface area (TPSA) is 93.4 Å². The third kappa shape index (κ3) is 7.47. The maximum atomic E-state index is 12.7. The molecule has 0 radical (unpaired) electrons. The van der Waals surface area contributed by atoms with E-state index in [4.69, 9.17) is 22.7 Å². The van der Waals surface area contributed by atoms with Crippen molar-refractivity contribution in [2.75, 3.05) is 11.9 Å². The molecule has 0 spiro atoms. The summed E-state index contributed by atoms with van der Waals surface area (Å²) in [6, 6.07) is 11.8. The number of rotatable bonds is 9. The summed E-state index contributed by atoms with van der Waals surface area (Å²) in [6.07, 6.45) is 4.35. The van der Waals surface area contributed by atoms with Crippen LogP contribution in [0.2, 0.25) is 0 Å². The Labute approximate surface area is 184 Å². The zero-order valence-electron chi connectivity index (χ0n) is 16.2. The highest BCUT2D eigenvalue weighted by atomic mass is 79.9. The van der Waals surface area contributed by atoms with Gasteiger partial charge in [0.05, 0.1) is 12.2 Å². The number of unbranched alkanes of at least 4 members (excludes halogenated alkanes) is 3. The summed E-state index contributed by atoms with van der Waals surface area (Å²) >= 11 is 8.60. The van der Waals surface area contributed by atoms with Crippen LogP contribution in [0.1, 0.15) is 53.3 Å². The second kappa shape index (κ2) is 11.5. The van der Waals surface area contributed by atoms with Gasteiger partial charge >= 0.3 is 0 Å². The van der Waals surface area contributed by atoms with E-state index in [-0.39, 0.29) is 11.0 Å². The second-order valence-corrected chi connectivity index (χ2v) is 7.72. The highest BCUT2D eigenvalue weighted by Crippen LogP contribution is 2.24. The van der Waals surface area contributed by atoms with Crippen LogP contribution in [-0.2, 0) is 0 Å². The van der Waals surface area contributed by atoms with Crippen LogP contribution in [-0.4, -0.2) is 23.5 Å². The molecule has 8 heteroatoms. The molecule has 29 heavy (non-hydrogen) atoms. The molecule has 0 heterocycles. The van der Waals surface area contributed by atoms with Crippen molar-refractivity contribution in [1.82, 2.24) is 5.32 Å². The van der Waals surface area contributed by atoms with E-state index in [0.29, 0.717) is 29.2 Å². The molecule has 0 aliphatic rings. The van der Waals surface area contributed by atoms with Crippen molar-refractivity contribution in [3.05, 3.63) is 58.1 Å². The van der Waals surface area contributed by atoms with Crippen molar-refractivity contribution in [2.24, 2.45) is 5.73 Å². The van der Waals surface area contributed by atoms with Crippen LogP contribution in [0, 0.1) is 0 Å². The highest BCUT2D eigenvalue weighted by molar-refractivity contribution is 9.10. The Morgan fingerprint density at radius 1 is 1.10 bits per heavy atom. The van der Waals surface area contributed by atoms with E-state index in [1.165, 1.54) is 0 Å². The van der Waals surface area contributed by atoms with Gasteiger partial charge in [0.15, 0.2) is 5.11 Å². The molecule has 0 aromatic heterocycles. The number of anilines is 1. The van der Waals surface area contributed by atoms with Gasteiger partial charge in [0.2, 0.25) is 5.91 Å². The van der Waals surface area contributed by atoms with Gasteiger partial charge in [-0.25, -0.2) is 0 Å². The van der Waals surface area contributed by atoms with Gasteiger partial charge in [0.1, 0.15) is 5.75 Å². The number of thiocarbonyl (C=S) groups is 1. The molecule has 4 N–H and O–H groups in total. The number of nitrogens with one attached hydrogen (secondary N) is 2. The molecule has 2 amide bonds. The zero-order chi connectivity index (χ0) is 21.2. The number of hydrogen-bond donors (Lipinski definition) is 3. The number of nitrogens with two attached hydrogens (primary N) is 1. The number of benzene rings is 2. The minimum Gasteiger partial charge on any atom is -0.493 e. The van der Waals surface area contributed by atoms with Gasteiger partial charge in [0, 0.05) is 15.7 Å². The number of hydrogen-bond acceptors (Lipinski definition) is 4. The van der Waals surface area contributed by atoms with E-state index < -0.39 is 5.91 Å². The lowest BCUT2D eigenvalue weighted by atomic mass is 10.2. The summed E-state index contributed by atoms with van der Waals surface area (Å²) < 4.78 is 6.57. The number of carbonyl (C=O) groups excluding carboxylic acids is 2. The van der Waals surface area contributed by atoms with Gasteiger partial charge in [-0.1, -0.05) is 42.1 Å². The Morgan fingerprint density at radius 3 is 2.48 bits per heavy atom. The van der Waals surface area contributed by atoms with Gasteiger partial charge < -0.3 is 15.8 Å². The molecule has 0 saturated heterocycles. The van der Waals surface area contributed by atoms with Crippen LogP contribution >= 0.6 is 28.1 Å². The zero-order valence-corrected chi connectivity index (χ0v) is 18.6. The lowest BCUT2D eigenvalue weighted by Gasteiger charge is -2.14. The first kappa shape index (κ1) is 22.8. The van der Waals surface area contributed by atoms with Crippen molar-refractivity contribution in [2.45, 2.75) is 32.6 Å². The molecular weight excluding hydrogens is 454 g/mol. The van der Waals surface area contributed by atoms with E-state index in [1.807, 2.05) is 6.07 Å². The molecule has 154 valence electrons. The number of primary amides is 1. The quantitative estimate of drug-likeness (QED) is 0.361. The first-order chi connectivity index (χ1) is 13.9.